The maximum atomic E-state index is 12.1. The molecule has 0 radical (unpaired) electrons. The lowest BCUT2D eigenvalue weighted by Crippen LogP contribution is -2.30. The minimum Gasteiger partial charge on any atom is -0.465 e. The number of hydrogen-bond acceptors (Lipinski definition) is 4. The van der Waals surface area contributed by atoms with E-state index in [1.807, 2.05) is 12.3 Å². The Kier molecular flexibility index (Phi) is 5.79. The molecule has 0 fully saturated rings. The first-order valence-electron chi connectivity index (χ1n) is 8.02. The van der Waals surface area contributed by atoms with Crippen LogP contribution in [0.15, 0.2) is 24.4 Å². The first-order valence-corrected chi connectivity index (χ1v) is 8.02. The van der Waals surface area contributed by atoms with Crippen LogP contribution < -0.4 is 0 Å². The minimum atomic E-state index is -0.931. The third-order valence-electron chi connectivity index (χ3n) is 3.81. The first-order chi connectivity index (χ1) is 11.1. The number of carbonyl (C=O) groups is 2. The summed E-state index contributed by atoms with van der Waals surface area (Å²) in [4.78, 5) is 27.4. The number of fused-ring (bicyclic) bond motifs is 1. The van der Waals surface area contributed by atoms with Crippen molar-refractivity contribution >= 4 is 22.8 Å². The molecule has 1 heterocycles. The van der Waals surface area contributed by atoms with Crippen LogP contribution >= 0.6 is 0 Å². The Hall–Kier alpha value is -2.30. The van der Waals surface area contributed by atoms with Gasteiger partial charge in [-0.3, -0.25) is 9.59 Å². The summed E-state index contributed by atoms with van der Waals surface area (Å²) in [5, 5.41) is 1.03. The largest absolute Gasteiger partial charge is 0.465 e. The number of carbonyl (C=O) groups excluding carboxylic acids is 2. The SMILES string of the molecule is CCOC(=O)C(Cc1c[nH]c2ccc(CC)cc12)C(=O)OCC. The van der Waals surface area contributed by atoms with Crippen molar-refractivity contribution in [2.24, 2.45) is 5.92 Å². The topological polar surface area (TPSA) is 68.4 Å². The molecule has 0 atom stereocenters. The van der Waals surface area contributed by atoms with Gasteiger partial charge in [-0.15, -0.1) is 0 Å². The summed E-state index contributed by atoms with van der Waals surface area (Å²) in [7, 11) is 0. The van der Waals surface area contributed by atoms with Crippen LogP contribution in [0.3, 0.4) is 0 Å². The summed E-state index contributed by atoms with van der Waals surface area (Å²) >= 11 is 0. The summed E-state index contributed by atoms with van der Waals surface area (Å²) in [5.74, 6) is -2.00. The Balaban J connectivity index is 2.31. The highest BCUT2D eigenvalue weighted by molar-refractivity contribution is 5.96. The van der Waals surface area contributed by atoms with Crippen LogP contribution in [-0.4, -0.2) is 30.1 Å². The number of aromatic nitrogens is 1. The second-order valence-corrected chi connectivity index (χ2v) is 5.31. The van der Waals surface area contributed by atoms with Crippen LogP contribution in [0.25, 0.3) is 10.9 Å². The standard InChI is InChI=1S/C18H23NO4/c1-4-12-7-8-16-14(9-12)13(11-19-16)10-15(17(20)22-5-2)18(21)23-6-3/h7-9,11,15,19H,4-6,10H2,1-3H3. The molecule has 5 heteroatoms. The quantitative estimate of drug-likeness (QED) is 0.629. The third kappa shape index (κ3) is 3.92. The van der Waals surface area contributed by atoms with Crippen LogP contribution in [0.5, 0.6) is 0 Å². The summed E-state index contributed by atoms with van der Waals surface area (Å²) in [5.41, 5.74) is 3.12. The van der Waals surface area contributed by atoms with Gasteiger partial charge in [-0.25, -0.2) is 0 Å². The molecule has 0 aliphatic heterocycles. The minimum absolute atomic E-state index is 0.239. The van der Waals surface area contributed by atoms with Crippen molar-refractivity contribution in [3.63, 3.8) is 0 Å². The summed E-state index contributed by atoms with van der Waals surface area (Å²) in [6.45, 7) is 6.01. The number of aryl methyl sites for hydroxylation is 1. The summed E-state index contributed by atoms with van der Waals surface area (Å²) < 4.78 is 10.1. The van der Waals surface area contributed by atoms with Crippen molar-refractivity contribution in [3.05, 3.63) is 35.5 Å². The van der Waals surface area contributed by atoms with Gasteiger partial charge < -0.3 is 14.5 Å². The summed E-state index contributed by atoms with van der Waals surface area (Å²) in [6.07, 6.45) is 3.04. The van der Waals surface area contributed by atoms with Crippen molar-refractivity contribution in [3.8, 4) is 0 Å². The molecule has 1 aromatic carbocycles. The van der Waals surface area contributed by atoms with Gasteiger partial charge in [-0.1, -0.05) is 13.0 Å². The van der Waals surface area contributed by atoms with Gasteiger partial charge >= 0.3 is 11.9 Å². The van der Waals surface area contributed by atoms with E-state index >= 15 is 0 Å². The van der Waals surface area contributed by atoms with Gasteiger partial charge in [0.05, 0.1) is 13.2 Å². The lowest BCUT2D eigenvalue weighted by molar-refractivity contribution is -0.161. The van der Waals surface area contributed by atoms with E-state index in [4.69, 9.17) is 9.47 Å². The molecule has 0 amide bonds. The van der Waals surface area contributed by atoms with Gasteiger partial charge in [0, 0.05) is 17.1 Å². The number of benzene rings is 1. The summed E-state index contributed by atoms with van der Waals surface area (Å²) in [6, 6.07) is 6.17. The number of esters is 2. The Labute approximate surface area is 136 Å². The number of hydrogen-bond donors (Lipinski definition) is 1. The zero-order valence-corrected chi connectivity index (χ0v) is 13.8. The number of H-pyrrole nitrogens is 1. The van der Waals surface area contributed by atoms with Gasteiger partial charge in [0.15, 0.2) is 5.92 Å². The smallest absolute Gasteiger partial charge is 0.320 e. The molecule has 0 saturated heterocycles. The van der Waals surface area contributed by atoms with E-state index in [9.17, 15) is 9.59 Å². The highest BCUT2D eigenvalue weighted by Gasteiger charge is 2.30. The van der Waals surface area contributed by atoms with E-state index in [1.165, 1.54) is 5.56 Å². The second-order valence-electron chi connectivity index (χ2n) is 5.31. The molecule has 0 aliphatic rings. The number of ether oxygens (including phenoxy) is 2. The molecule has 0 aliphatic carbocycles. The first kappa shape index (κ1) is 17.1. The molecule has 2 aromatic rings. The maximum absolute atomic E-state index is 12.1. The van der Waals surface area contributed by atoms with Gasteiger partial charge in [0.2, 0.25) is 0 Å². The van der Waals surface area contributed by atoms with Gasteiger partial charge in [0.25, 0.3) is 0 Å². The Bertz CT molecular complexity index is 671. The fourth-order valence-electron chi connectivity index (χ4n) is 2.58. The molecule has 2 rings (SSSR count). The van der Waals surface area contributed by atoms with Crippen molar-refractivity contribution in [1.29, 1.82) is 0 Å². The van der Waals surface area contributed by atoms with Crippen LogP contribution in [0, 0.1) is 5.92 Å². The zero-order valence-electron chi connectivity index (χ0n) is 13.8. The predicted molar refractivity (Wildman–Crippen MR) is 88.1 cm³/mol. The lowest BCUT2D eigenvalue weighted by atomic mass is 9.98. The molecule has 0 saturated carbocycles. The van der Waals surface area contributed by atoms with E-state index in [-0.39, 0.29) is 19.6 Å². The molecular formula is C18H23NO4. The van der Waals surface area contributed by atoms with Crippen molar-refractivity contribution in [2.75, 3.05) is 13.2 Å². The van der Waals surface area contributed by atoms with Crippen molar-refractivity contribution < 1.29 is 19.1 Å². The van der Waals surface area contributed by atoms with Crippen LogP contribution in [0.4, 0.5) is 0 Å². The monoisotopic (exact) mass is 317 g/mol. The lowest BCUT2D eigenvalue weighted by Gasteiger charge is -2.14. The molecule has 0 spiro atoms. The molecule has 1 N–H and O–H groups in total. The molecule has 0 unspecified atom stereocenters. The van der Waals surface area contributed by atoms with Crippen molar-refractivity contribution in [1.82, 2.24) is 4.98 Å². The average Bonchev–Trinajstić information content (AvgIpc) is 2.94. The van der Waals surface area contributed by atoms with Gasteiger partial charge in [-0.05, 0) is 49.9 Å². The van der Waals surface area contributed by atoms with E-state index in [0.717, 1.165) is 22.9 Å². The number of rotatable bonds is 7. The fraction of sp³-hybridized carbons (Fsp3) is 0.444. The van der Waals surface area contributed by atoms with E-state index in [0.29, 0.717) is 0 Å². The number of aromatic amines is 1. The molecule has 23 heavy (non-hydrogen) atoms. The highest BCUT2D eigenvalue weighted by atomic mass is 16.6. The predicted octanol–water partition coefficient (Wildman–Crippen LogP) is 3.02. The molecule has 0 bridgehead atoms. The molecular weight excluding hydrogens is 294 g/mol. The molecule has 124 valence electrons. The normalized spacial score (nSPS) is 11.0. The molecule has 1 aromatic heterocycles. The van der Waals surface area contributed by atoms with E-state index < -0.39 is 17.9 Å². The zero-order chi connectivity index (χ0) is 16.8. The van der Waals surface area contributed by atoms with Crippen LogP contribution in [0.1, 0.15) is 31.9 Å². The van der Waals surface area contributed by atoms with E-state index in [2.05, 4.69) is 24.0 Å². The number of nitrogens with one attached hydrogen (secondary N) is 1. The highest BCUT2D eigenvalue weighted by Crippen LogP contribution is 2.24. The fourth-order valence-corrected chi connectivity index (χ4v) is 2.58. The Morgan fingerprint density at radius 3 is 2.30 bits per heavy atom. The maximum Gasteiger partial charge on any atom is 0.320 e. The van der Waals surface area contributed by atoms with Gasteiger partial charge in [-0.2, -0.15) is 0 Å². The second kappa shape index (κ2) is 7.81. The van der Waals surface area contributed by atoms with Gasteiger partial charge in [0.1, 0.15) is 0 Å². The van der Waals surface area contributed by atoms with Crippen LogP contribution in [-0.2, 0) is 31.9 Å². The third-order valence-corrected chi connectivity index (χ3v) is 3.81. The van der Waals surface area contributed by atoms with Crippen molar-refractivity contribution in [2.45, 2.75) is 33.6 Å². The Morgan fingerprint density at radius 2 is 1.74 bits per heavy atom. The molecule has 5 nitrogen and oxygen atoms in total. The van der Waals surface area contributed by atoms with E-state index in [1.54, 1.807) is 13.8 Å². The average molecular weight is 317 g/mol. The Morgan fingerprint density at radius 1 is 1.09 bits per heavy atom. The van der Waals surface area contributed by atoms with Crippen LogP contribution in [0.2, 0.25) is 0 Å².